The third-order valence-corrected chi connectivity index (χ3v) is 1.60. The Bertz CT molecular complexity index is 353. The van der Waals surface area contributed by atoms with E-state index < -0.39 is 0 Å². The highest BCUT2D eigenvalue weighted by molar-refractivity contribution is 5.41. The molecule has 0 aromatic carbocycles. The summed E-state index contributed by atoms with van der Waals surface area (Å²) in [5.74, 6) is 3.29. The van der Waals surface area contributed by atoms with Gasteiger partial charge in [-0.25, -0.2) is 4.98 Å². The first-order chi connectivity index (χ1) is 6.27. The van der Waals surface area contributed by atoms with Crippen molar-refractivity contribution < 1.29 is 0 Å². The van der Waals surface area contributed by atoms with Crippen LogP contribution in [0.4, 0.5) is 5.82 Å². The maximum absolute atomic E-state index is 8.53. The van der Waals surface area contributed by atoms with Crippen molar-refractivity contribution in [1.29, 1.82) is 5.26 Å². The topological polar surface area (TPSA) is 39.9 Å². The number of nitrogens with zero attached hydrogens (tertiary/aromatic N) is 3. The van der Waals surface area contributed by atoms with Crippen LogP contribution in [0.2, 0.25) is 0 Å². The summed E-state index contributed by atoms with van der Waals surface area (Å²) in [5, 5.41) is 8.53. The van der Waals surface area contributed by atoms with Gasteiger partial charge in [0.2, 0.25) is 0 Å². The van der Waals surface area contributed by atoms with Gasteiger partial charge >= 0.3 is 0 Å². The molecule has 64 valence electrons. The van der Waals surface area contributed by atoms with Crippen LogP contribution in [0.1, 0.15) is 5.56 Å². The fourth-order valence-electron chi connectivity index (χ4n) is 0.896. The average molecular weight is 171 g/mol. The average Bonchev–Trinajstić information content (AvgIpc) is 2.18. The van der Waals surface area contributed by atoms with E-state index in [0.29, 0.717) is 12.1 Å². The number of anilines is 1. The van der Waals surface area contributed by atoms with Gasteiger partial charge in [-0.1, -0.05) is 5.92 Å². The summed E-state index contributed by atoms with van der Waals surface area (Å²) < 4.78 is 0. The highest BCUT2D eigenvalue weighted by atomic mass is 15.1. The molecule has 0 radical (unpaired) electrons. The quantitative estimate of drug-likeness (QED) is 0.624. The van der Waals surface area contributed by atoms with E-state index >= 15 is 0 Å². The van der Waals surface area contributed by atoms with Crippen molar-refractivity contribution in [1.82, 2.24) is 4.98 Å². The highest BCUT2D eigenvalue weighted by Crippen LogP contribution is 2.07. The van der Waals surface area contributed by atoms with Crippen molar-refractivity contribution in [3.63, 3.8) is 0 Å². The molecule has 0 unspecified atom stereocenters. The molecule has 0 aliphatic carbocycles. The minimum absolute atomic E-state index is 0.513. The number of rotatable bonds is 2. The van der Waals surface area contributed by atoms with Crippen molar-refractivity contribution in [2.45, 2.75) is 0 Å². The van der Waals surface area contributed by atoms with Crippen molar-refractivity contribution in [2.75, 3.05) is 18.5 Å². The van der Waals surface area contributed by atoms with E-state index in [2.05, 4.69) is 10.9 Å². The van der Waals surface area contributed by atoms with Crippen LogP contribution in [0.5, 0.6) is 0 Å². The van der Waals surface area contributed by atoms with Gasteiger partial charge in [-0.3, -0.25) is 0 Å². The Hall–Kier alpha value is -2.00. The Kier molecular flexibility index (Phi) is 2.89. The zero-order chi connectivity index (χ0) is 9.68. The van der Waals surface area contributed by atoms with Crippen molar-refractivity contribution in [3.05, 3.63) is 23.9 Å². The molecule has 0 saturated heterocycles. The Morgan fingerprint density at radius 3 is 2.85 bits per heavy atom. The van der Waals surface area contributed by atoms with Gasteiger partial charge in [0.05, 0.1) is 12.1 Å². The van der Waals surface area contributed by atoms with Crippen LogP contribution >= 0.6 is 0 Å². The van der Waals surface area contributed by atoms with Crippen LogP contribution in [0.25, 0.3) is 0 Å². The lowest BCUT2D eigenvalue weighted by atomic mass is 10.3. The molecule has 1 aromatic heterocycles. The molecule has 3 nitrogen and oxygen atoms in total. The van der Waals surface area contributed by atoms with E-state index in [1.54, 1.807) is 12.1 Å². The van der Waals surface area contributed by atoms with Crippen LogP contribution in [0.15, 0.2) is 18.3 Å². The Morgan fingerprint density at radius 1 is 1.62 bits per heavy atom. The van der Waals surface area contributed by atoms with Crippen LogP contribution < -0.4 is 4.90 Å². The lowest BCUT2D eigenvalue weighted by Gasteiger charge is -2.13. The van der Waals surface area contributed by atoms with E-state index in [4.69, 9.17) is 11.7 Å². The molecule has 0 saturated carbocycles. The second-order valence-electron chi connectivity index (χ2n) is 2.58. The van der Waals surface area contributed by atoms with Crippen LogP contribution in [-0.2, 0) is 0 Å². The Labute approximate surface area is 77.6 Å². The minimum atomic E-state index is 0.513. The van der Waals surface area contributed by atoms with E-state index in [1.165, 1.54) is 6.20 Å². The third-order valence-electron chi connectivity index (χ3n) is 1.60. The van der Waals surface area contributed by atoms with E-state index in [9.17, 15) is 0 Å². The van der Waals surface area contributed by atoms with Gasteiger partial charge in [-0.15, -0.1) is 6.42 Å². The van der Waals surface area contributed by atoms with Gasteiger partial charge in [0.1, 0.15) is 11.9 Å². The largest absolute Gasteiger partial charge is 0.349 e. The first-order valence-electron chi connectivity index (χ1n) is 3.78. The molecule has 3 heteroatoms. The fraction of sp³-hybridized carbons (Fsp3) is 0.200. The normalized spacial score (nSPS) is 8.54. The summed E-state index contributed by atoms with van der Waals surface area (Å²) in [4.78, 5) is 5.91. The summed E-state index contributed by atoms with van der Waals surface area (Å²) in [6, 6.07) is 5.50. The van der Waals surface area contributed by atoms with Crippen molar-refractivity contribution in [2.24, 2.45) is 0 Å². The van der Waals surface area contributed by atoms with Gasteiger partial charge in [0, 0.05) is 13.2 Å². The lowest BCUT2D eigenvalue weighted by Crippen LogP contribution is -2.18. The zero-order valence-electron chi connectivity index (χ0n) is 7.36. The number of aromatic nitrogens is 1. The maximum Gasteiger partial charge on any atom is 0.129 e. The van der Waals surface area contributed by atoms with E-state index in [0.717, 1.165) is 5.82 Å². The first kappa shape index (κ1) is 9.09. The first-order valence-corrected chi connectivity index (χ1v) is 3.78. The number of hydrogen-bond donors (Lipinski definition) is 0. The smallest absolute Gasteiger partial charge is 0.129 e. The van der Waals surface area contributed by atoms with Crippen LogP contribution in [0, 0.1) is 23.7 Å². The SMILES string of the molecule is C#CCN(C)c1ccc(C#N)cn1. The molecule has 0 amide bonds. The summed E-state index contributed by atoms with van der Waals surface area (Å²) in [7, 11) is 1.86. The monoisotopic (exact) mass is 171 g/mol. The zero-order valence-corrected chi connectivity index (χ0v) is 7.36. The molecular weight excluding hydrogens is 162 g/mol. The lowest BCUT2D eigenvalue weighted by molar-refractivity contribution is 1.01. The fourth-order valence-corrected chi connectivity index (χ4v) is 0.896. The van der Waals surface area contributed by atoms with Crippen molar-refractivity contribution >= 4 is 5.82 Å². The number of hydrogen-bond acceptors (Lipinski definition) is 3. The van der Waals surface area contributed by atoms with E-state index in [-0.39, 0.29) is 0 Å². The number of nitriles is 1. The molecule has 1 heterocycles. The summed E-state index contributed by atoms with van der Waals surface area (Å²) >= 11 is 0. The molecule has 0 bridgehead atoms. The van der Waals surface area contributed by atoms with Gasteiger partial charge in [-0.2, -0.15) is 5.26 Å². The third kappa shape index (κ3) is 2.21. The summed E-state index contributed by atoms with van der Waals surface area (Å²) in [6.45, 7) is 0.513. The Morgan fingerprint density at radius 2 is 2.38 bits per heavy atom. The summed E-state index contributed by atoms with van der Waals surface area (Å²) in [6.07, 6.45) is 6.68. The molecule has 0 spiro atoms. The minimum Gasteiger partial charge on any atom is -0.349 e. The second kappa shape index (κ2) is 4.13. The highest BCUT2D eigenvalue weighted by Gasteiger charge is 1.99. The molecule has 1 rings (SSSR count). The summed E-state index contributed by atoms with van der Waals surface area (Å²) in [5.41, 5.74) is 0.554. The van der Waals surface area contributed by atoms with Gasteiger partial charge in [0.25, 0.3) is 0 Å². The molecule has 0 aliphatic heterocycles. The molecule has 0 aliphatic rings. The maximum atomic E-state index is 8.53. The predicted octanol–water partition coefficient (Wildman–Crippen LogP) is 1.02. The number of terminal acetylenes is 1. The molecule has 0 fully saturated rings. The predicted molar refractivity (Wildman–Crippen MR) is 51.1 cm³/mol. The molecule has 1 aromatic rings. The molecule has 0 N–H and O–H groups in total. The molecular formula is C10H9N3. The Balaban J connectivity index is 2.82. The van der Waals surface area contributed by atoms with Crippen LogP contribution in [-0.4, -0.2) is 18.6 Å². The van der Waals surface area contributed by atoms with Gasteiger partial charge < -0.3 is 4.90 Å². The molecule has 13 heavy (non-hydrogen) atoms. The molecule has 0 atom stereocenters. The standard InChI is InChI=1S/C10H9N3/c1-3-6-13(2)10-5-4-9(7-11)8-12-10/h1,4-5,8H,6H2,2H3. The van der Waals surface area contributed by atoms with Crippen LogP contribution in [0.3, 0.4) is 0 Å². The van der Waals surface area contributed by atoms with Gasteiger partial charge in [0.15, 0.2) is 0 Å². The van der Waals surface area contributed by atoms with Crippen molar-refractivity contribution in [3.8, 4) is 18.4 Å². The number of pyridine rings is 1. The van der Waals surface area contributed by atoms with Gasteiger partial charge in [-0.05, 0) is 12.1 Å². The van der Waals surface area contributed by atoms with E-state index in [1.807, 2.05) is 18.0 Å². The second-order valence-corrected chi connectivity index (χ2v) is 2.58.